The number of hydrogen-bond donors (Lipinski definition) is 0. The molecule has 0 aromatic rings. The van der Waals surface area contributed by atoms with Gasteiger partial charge in [-0.3, -0.25) is 0 Å². The molecule has 0 aliphatic rings. The molecule has 2 nitrogen and oxygen atoms in total. The monoisotopic (exact) mass is 382 g/mol. The van der Waals surface area contributed by atoms with E-state index in [2.05, 4.69) is 38.8 Å². The summed E-state index contributed by atoms with van der Waals surface area (Å²) in [6.07, 6.45) is 19.0. The molecule has 154 valence electrons. The van der Waals surface area contributed by atoms with E-state index in [0.29, 0.717) is 0 Å². The van der Waals surface area contributed by atoms with Gasteiger partial charge in [0.2, 0.25) is 0 Å². The van der Waals surface area contributed by atoms with Crippen molar-refractivity contribution in [3.8, 4) is 11.8 Å². The molecule has 0 saturated heterocycles. The van der Waals surface area contributed by atoms with Gasteiger partial charge >= 0.3 is 8.56 Å². The first-order valence-electron chi connectivity index (χ1n) is 11.3. The summed E-state index contributed by atoms with van der Waals surface area (Å²) in [5.41, 5.74) is 0. The number of hydrogen-bond acceptors (Lipinski definition) is 2. The number of unbranched alkanes of at least 4 members (excludes halogenated alkanes) is 12. The summed E-state index contributed by atoms with van der Waals surface area (Å²) in [5, 5.41) is 0. The second-order valence-electron chi connectivity index (χ2n) is 7.90. The zero-order chi connectivity index (χ0) is 19.5. The van der Waals surface area contributed by atoms with Crippen molar-refractivity contribution in [3.63, 3.8) is 0 Å². The Morgan fingerprint density at radius 1 is 0.731 bits per heavy atom. The first kappa shape index (κ1) is 25.7. The van der Waals surface area contributed by atoms with E-state index in [0.717, 1.165) is 19.4 Å². The van der Waals surface area contributed by atoms with Gasteiger partial charge in [0.15, 0.2) is 0 Å². The molecule has 0 aliphatic heterocycles. The molecule has 0 aromatic carbocycles. The van der Waals surface area contributed by atoms with Crippen molar-refractivity contribution in [2.45, 2.75) is 130 Å². The Morgan fingerprint density at radius 3 is 1.62 bits per heavy atom. The predicted octanol–water partition coefficient (Wildman–Crippen LogP) is 7.61. The van der Waals surface area contributed by atoms with E-state index in [1.807, 2.05) is 6.92 Å². The van der Waals surface area contributed by atoms with E-state index in [1.54, 1.807) is 0 Å². The van der Waals surface area contributed by atoms with E-state index in [9.17, 15) is 0 Å². The van der Waals surface area contributed by atoms with Crippen LogP contribution >= 0.6 is 0 Å². The summed E-state index contributed by atoms with van der Waals surface area (Å²) in [6, 6.07) is 0. The molecule has 1 atom stereocenters. The first-order valence-corrected chi connectivity index (χ1v) is 14.1. The van der Waals surface area contributed by atoms with Crippen LogP contribution < -0.4 is 0 Å². The second kappa shape index (κ2) is 18.1. The lowest BCUT2D eigenvalue weighted by Gasteiger charge is -2.26. The fourth-order valence-electron chi connectivity index (χ4n) is 3.19. The molecule has 3 heteroatoms. The highest BCUT2D eigenvalue weighted by molar-refractivity contribution is 6.64. The van der Waals surface area contributed by atoms with Gasteiger partial charge in [-0.1, -0.05) is 96.8 Å². The van der Waals surface area contributed by atoms with Crippen LogP contribution in [0.15, 0.2) is 0 Å². The quantitative estimate of drug-likeness (QED) is 0.138. The average Bonchev–Trinajstić information content (AvgIpc) is 2.61. The van der Waals surface area contributed by atoms with Gasteiger partial charge in [0, 0.05) is 6.61 Å². The Morgan fingerprint density at radius 2 is 1.19 bits per heavy atom. The highest BCUT2D eigenvalue weighted by atomic mass is 28.4. The first-order chi connectivity index (χ1) is 12.6. The smallest absolute Gasteiger partial charge is 0.332 e. The van der Waals surface area contributed by atoms with Gasteiger partial charge in [0.1, 0.15) is 6.10 Å². The zero-order valence-electron chi connectivity index (χ0n) is 18.5. The van der Waals surface area contributed by atoms with Crippen LogP contribution in [0.3, 0.4) is 0 Å². The molecular formula is C23H46O2Si. The minimum atomic E-state index is -2.03. The summed E-state index contributed by atoms with van der Waals surface area (Å²) in [7, 11) is -2.03. The summed E-state index contributed by atoms with van der Waals surface area (Å²) in [5.74, 6) is 6.08. The lowest BCUT2D eigenvalue weighted by molar-refractivity contribution is 0.146. The summed E-state index contributed by atoms with van der Waals surface area (Å²) in [4.78, 5) is 0. The van der Waals surface area contributed by atoms with Crippen molar-refractivity contribution in [1.82, 2.24) is 0 Å². The van der Waals surface area contributed by atoms with E-state index in [1.165, 1.54) is 77.0 Å². The van der Waals surface area contributed by atoms with Crippen LogP contribution in [0.5, 0.6) is 0 Å². The van der Waals surface area contributed by atoms with Crippen LogP contribution in [0.4, 0.5) is 0 Å². The Labute approximate surface area is 166 Å². The van der Waals surface area contributed by atoms with Crippen LogP contribution in [0.2, 0.25) is 13.1 Å². The predicted molar refractivity (Wildman–Crippen MR) is 118 cm³/mol. The van der Waals surface area contributed by atoms with E-state index < -0.39 is 8.56 Å². The molecule has 0 radical (unpaired) electrons. The summed E-state index contributed by atoms with van der Waals surface area (Å²) in [6.45, 7) is 11.4. The van der Waals surface area contributed by atoms with Crippen molar-refractivity contribution in [1.29, 1.82) is 0 Å². The SMILES string of the molecule is CC#CC(CC)O[Si](C)(C)OCCCCCCCCCCCCCCC. The molecule has 0 rings (SSSR count). The van der Waals surface area contributed by atoms with Crippen molar-refractivity contribution in [2.24, 2.45) is 0 Å². The molecule has 0 aromatic heterocycles. The van der Waals surface area contributed by atoms with Crippen LogP contribution in [-0.2, 0) is 8.85 Å². The molecule has 0 fully saturated rings. The van der Waals surface area contributed by atoms with Crippen molar-refractivity contribution in [2.75, 3.05) is 6.61 Å². The largest absolute Gasteiger partial charge is 0.394 e. The van der Waals surface area contributed by atoms with Crippen LogP contribution in [0, 0.1) is 11.8 Å². The molecule has 0 N–H and O–H groups in total. The van der Waals surface area contributed by atoms with Gasteiger partial charge in [0.05, 0.1) is 0 Å². The fraction of sp³-hybridized carbons (Fsp3) is 0.913. The third-order valence-corrected chi connectivity index (χ3v) is 6.55. The van der Waals surface area contributed by atoms with Gasteiger partial charge in [-0.2, -0.15) is 0 Å². The molecule has 0 amide bonds. The van der Waals surface area contributed by atoms with Gasteiger partial charge in [-0.25, -0.2) is 0 Å². The van der Waals surface area contributed by atoms with Crippen LogP contribution in [0.25, 0.3) is 0 Å². The topological polar surface area (TPSA) is 18.5 Å². The van der Waals surface area contributed by atoms with Crippen LogP contribution in [0.1, 0.15) is 111 Å². The Balaban J connectivity index is 3.43. The zero-order valence-corrected chi connectivity index (χ0v) is 19.5. The fourth-order valence-corrected chi connectivity index (χ4v) is 4.80. The van der Waals surface area contributed by atoms with Gasteiger partial charge < -0.3 is 8.85 Å². The third kappa shape index (κ3) is 17.1. The second-order valence-corrected chi connectivity index (χ2v) is 11.2. The lowest BCUT2D eigenvalue weighted by Crippen LogP contribution is -2.38. The van der Waals surface area contributed by atoms with Crippen molar-refractivity contribution < 1.29 is 8.85 Å². The standard InChI is InChI=1S/C23H46O2Si/c1-6-9-10-11-12-13-14-15-16-17-18-19-20-22-24-26(4,5)25-23(8-3)21-7-2/h23H,6,8-20,22H2,1-5H3. The molecule has 0 heterocycles. The Kier molecular flexibility index (Phi) is 17.9. The Bertz CT molecular complexity index is 357. The molecular weight excluding hydrogens is 336 g/mol. The van der Waals surface area contributed by atoms with Crippen LogP contribution in [-0.4, -0.2) is 21.3 Å². The van der Waals surface area contributed by atoms with Gasteiger partial charge in [0.25, 0.3) is 0 Å². The summed E-state index contributed by atoms with van der Waals surface area (Å²) >= 11 is 0. The average molecular weight is 383 g/mol. The molecule has 26 heavy (non-hydrogen) atoms. The van der Waals surface area contributed by atoms with Crippen molar-refractivity contribution >= 4 is 8.56 Å². The van der Waals surface area contributed by atoms with Gasteiger partial charge in [-0.05, 0) is 32.9 Å². The van der Waals surface area contributed by atoms with E-state index in [4.69, 9.17) is 8.85 Å². The molecule has 1 unspecified atom stereocenters. The maximum atomic E-state index is 6.08. The number of rotatable bonds is 18. The molecule has 0 bridgehead atoms. The van der Waals surface area contributed by atoms with Gasteiger partial charge in [-0.15, -0.1) is 5.92 Å². The molecule has 0 saturated carbocycles. The third-order valence-electron chi connectivity index (χ3n) is 4.80. The van der Waals surface area contributed by atoms with Crippen molar-refractivity contribution in [3.05, 3.63) is 0 Å². The molecule has 0 spiro atoms. The minimum Gasteiger partial charge on any atom is -0.394 e. The maximum absolute atomic E-state index is 6.08. The summed E-state index contributed by atoms with van der Waals surface area (Å²) < 4.78 is 12.1. The van der Waals surface area contributed by atoms with E-state index >= 15 is 0 Å². The highest BCUT2D eigenvalue weighted by Gasteiger charge is 2.27. The normalized spacial score (nSPS) is 12.7. The molecule has 0 aliphatic carbocycles. The van der Waals surface area contributed by atoms with E-state index in [-0.39, 0.29) is 6.10 Å². The minimum absolute atomic E-state index is 0.0355. The highest BCUT2D eigenvalue weighted by Crippen LogP contribution is 2.15. The Hall–Kier alpha value is -0.303. The maximum Gasteiger partial charge on any atom is 0.332 e. The lowest BCUT2D eigenvalue weighted by atomic mass is 10.0.